The summed E-state index contributed by atoms with van der Waals surface area (Å²) in [6, 6.07) is 13.9. The SMILES string of the molecule is Cc1cccc(C(C(=O)NCCc2ccc(S(N)(=O)=O)cc2)N(C)C)c1. The predicted molar refractivity (Wildman–Crippen MR) is 102 cm³/mol. The molecule has 3 N–H and O–H groups in total. The van der Waals surface area contributed by atoms with Gasteiger partial charge in [-0.3, -0.25) is 9.69 Å². The summed E-state index contributed by atoms with van der Waals surface area (Å²) < 4.78 is 22.5. The monoisotopic (exact) mass is 375 g/mol. The number of nitrogens with two attached hydrogens (primary N) is 1. The van der Waals surface area contributed by atoms with Crippen LogP contribution in [-0.2, 0) is 21.2 Å². The number of rotatable bonds is 7. The molecule has 0 spiro atoms. The van der Waals surface area contributed by atoms with Gasteiger partial charge in [-0.25, -0.2) is 13.6 Å². The largest absolute Gasteiger partial charge is 0.354 e. The molecule has 1 amide bonds. The second kappa shape index (κ2) is 8.44. The van der Waals surface area contributed by atoms with E-state index in [1.54, 1.807) is 12.1 Å². The number of benzene rings is 2. The summed E-state index contributed by atoms with van der Waals surface area (Å²) in [5, 5.41) is 8.04. The number of amides is 1. The first-order valence-corrected chi connectivity index (χ1v) is 9.85. The van der Waals surface area contributed by atoms with Crippen molar-refractivity contribution >= 4 is 15.9 Å². The van der Waals surface area contributed by atoms with E-state index in [1.807, 2.05) is 50.2 Å². The van der Waals surface area contributed by atoms with Crippen LogP contribution in [0.4, 0.5) is 0 Å². The number of carbonyl (C=O) groups is 1. The normalized spacial score (nSPS) is 12.8. The van der Waals surface area contributed by atoms with E-state index in [-0.39, 0.29) is 16.8 Å². The maximum Gasteiger partial charge on any atom is 0.241 e. The third-order valence-electron chi connectivity index (χ3n) is 4.09. The quantitative estimate of drug-likeness (QED) is 0.769. The van der Waals surface area contributed by atoms with Crippen molar-refractivity contribution in [1.82, 2.24) is 10.2 Å². The van der Waals surface area contributed by atoms with Crippen LogP contribution in [0.5, 0.6) is 0 Å². The topological polar surface area (TPSA) is 92.5 Å². The van der Waals surface area contributed by atoms with Crippen molar-refractivity contribution in [3.63, 3.8) is 0 Å². The molecule has 2 aromatic rings. The Kier molecular flexibility index (Phi) is 6.52. The molecule has 1 unspecified atom stereocenters. The zero-order chi connectivity index (χ0) is 19.3. The molecule has 6 nitrogen and oxygen atoms in total. The maximum absolute atomic E-state index is 12.6. The highest BCUT2D eigenvalue weighted by Gasteiger charge is 2.22. The van der Waals surface area contributed by atoms with Crippen molar-refractivity contribution in [2.45, 2.75) is 24.3 Å². The summed E-state index contributed by atoms with van der Waals surface area (Å²) in [7, 11) is 0.0634. The Hall–Kier alpha value is -2.22. The van der Waals surface area contributed by atoms with Crippen LogP contribution in [0.15, 0.2) is 53.4 Å². The molecule has 0 saturated heterocycles. The Labute approximate surface area is 155 Å². The van der Waals surface area contributed by atoms with E-state index in [4.69, 9.17) is 5.14 Å². The summed E-state index contributed by atoms with van der Waals surface area (Å²) in [6.45, 7) is 2.46. The first-order chi connectivity index (χ1) is 12.2. The summed E-state index contributed by atoms with van der Waals surface area (Å²) in [4.78, 5) is 14.6. The molecular formula is C19H25N3O3S. The molecule has 2 aromatic carbocycles. The van der Waals surface area contributed by atoms with Gasteiger partial charge in [-0.2, -0.15) is 0 Å². The zero-order valence-corrected chi connectivity index (χ0v) is 16.1. The minimum Gasteiger partial charge on any atom is -0.354 e. The van der Waals surface area contributed by atoms with Gasteiger partial charge in [0.15, 0.2) is 0 Å². The highest BCUT2D eigenvalue weighted by Crippen LogP contribution is 2.19. The number of sulfonamides is 1. The average Bonchev–Trinajstić information content (AvgIpc) is 2.54. The molecule has 1 atom stereocenters. The number of primary sulfonamides is 1. The number of carbonyl (C=O) groups excluding carboxylic acids is 1. The smallest absolute Gasteiger partial charge is 0.241 e. The van der Waals surface area contributed by atoms with Crippen LogP contribution in [0.3, 0.4) is 0 Å². The molecule has 0 aliphatic carbocycles. The van der Waals surface area contributed by atoms with Crippen LogP contribution in [0, 0.1) is 6.92 Å². The van der Waals surface area contributed by atoms with Crippen LogP contribution >= 0.6 is 0 Å². The van der Waals surface area contributed by atoms with Gasteiger partial charge in [0.05, 0.1) is 4.90 Å². The third-order valence-corrected chi connectivity index (χ3v) is 5.02. The number of hydrogen-bond acceptors (Lipinski definition) is 4. The van der Waals surface area contributed by atoms with Gasteiger partial charge in [-0.15, -0.1) is 0 Å². The lowest BCUT2D eigenvalue weighted by molar-refractivity contribution is -0.125. The fraction of sp³-hybridized carbons (Fsp3) is 0.316. The Morgan fingerprint density at radius 3 is 2.35 bits per heavy atom. The van der Waals surface area contributed by atoms with Gasteiger partial charge in [0, 0.05) is 6.54 Å². The summed E-state index contributed by atoms with van der Waals surface area (Å²) in [5.74, 6) is -0.0678. The molecule has 0 aromatic heterocycles. The second-order valence-corrected chi connectivity index (χ2v) is 8.07. The first-order valence-electron chi connectivity index (χ1n) is 8.31. The van der Waals surface area contributed by atoms with E-state index in [0.29, 0.717) is 13.0 Å². The molecular weight excluding hydrogens is 350 g/mol. The van der Waals surface area contributed by atoms with E-state index in [1.165, 1.54) is 12.1 Å². The second-order valence-electron chi connectivity index (χ2n) is 6.51. The zero-order valence-electron chi connectivity index (χ0n) is 15.3. The van der Waals surface area contributed by atoms with Crippen LogP contribution < -0.4 is 10.5 Å². The molecule has 0 aliphatic rings. The Balaban J connectivity index is 1.98. The lowest BCUT2D eigenvalue weighted by atomic mass is 10.0. The van der Waals surface area contributed by atoms with Crippen LogP contribution in [0.1, 0.15) is 22.7 Å². The molecule has 0 aliphatic heterocycles. The van der Waals surface area contributed by atoms with Crippen molar-refractivity contribution in [3.8, 4) is 0 Å². The molecule has 0 fully saturated rings. The maximum atomic E-state index is 12.6. The third kappa shape index (κ3) is 5.39. The van der Waals surface area contributed by atoms with Gasteiger partial charge in [-0.05, 0) is 50.7 Å². The van der Waals surface area contributed by atoms with Crippen LogP contribution in [0.2, 0.25) is 0 Å². The Bertz CT molecular complexity index is 862. The first kappa shape index (κ1) is 20.1. The standard InChI is InChI=1S/C19H25N3O3S/c1-14-5-4-6-16(13-14)18(22(2)3)19(23)21-12-11-15-7-9-17(10-8-15)26(20,24)25/h4-10,13,18H,11-12H2,1-3H3,(H,21,23)(H2,20,24,25). The van der Waals surface area contributed by atoms with Crippen molar-refractivity contribution in [2.24, 2.45) is 5.14 Å². The molecule has 0 heterocycles. The highest BCUT2D eigenvalue weighted by molar-refractivity contribution is 7.89. The predicted octanol–water partition coefficient (Wildman–Crippen LogP) is 1.60. The lowest BCUT2D eigenvalue weighted by Gasteiger charge is -2.24. The van der Waals surface area contributed by atoms with Gasteiger partial charge >= 0.3 is 0 Å². The van der Waals surface area contributed by atoms with Crippen molar-refractivity contribution < 1.29 is 13.2 Å². The molecule has 7 heteroatoms. The minimum absolute atomic E-state index is 0.0678. The van der Waals surface area contributed by atoms with Gasteiger partial charge in [-0.1, -0.05) is 42.0 Å². The Morgan fingerprint density at radius 2 is 1.81 bits per heavy atom. The van der Waals surface area contributed by atoms with Crippen LogP contribution in [0.25, 0.3) is 0 Å². The van der Waals surface area contributed by atoms with E-state index in [9.17, 15) is 13.2 Å². The van der Waals surface area contributed by atoms with Gasteiger partial charge in [0.25, 0.3) is 0 Å². The highest BCUT2D eigenvalue weighted by atomic mass is 32.2. The van der Waals surface area contributed by atoms with E-state index in [0.717, 1.165) is 16.7 Å². The fourth-order valence-electron chi connectivity index (χ4n) is 2.80. The summed E-state index contributed by atoms with van der Waals surface area (Å²) >= 11 is 0. The molecule has 2 rings (SSSR count). The molecule has 0 radical (unpaired) electrons. The van der Waals surface area contributed by atoms with Gasteiger partial charge in [0.1, 0.15) is 6.04 Å². The van der Waals surface area contributed by atoms with Crippen molar-refractivity contribution in [3.05, 3.63) is 65.2 Å². The number of aryl methyl sites for hydroxylation is 1. The van der Waals surface area contributed by atoms with E-state index in [2.05, 4.69) is 5.32 Å². The fourth-order valence-corrected chi connectivity index (χ4v) is 3.31. The molecule has 0 bridgehead atoms. The lowest BCUT2D eigenvalue weighted by Crippen LogP contribution is -2.38. The van der Waals surface area contributed by atoms with E-state index < -0.39 is 10.0 Å². The summed E-state index contributed by atoms with van der Waals surface area (Å²) in [5.41, 5.74) is 2.98. The molecule has 0 saturated carbocycles. The average molecular weight is 375 g/mol. The molecule has 140 valence electrons. The number of likely N-dealkylation sites (N-methyl/N-ethyl adjacent to an activating group) is 1. The number of hydrogen-bond donors (Lipinski definition) is 2. The molecule has 26 heavy (non-hydrogen) atoms. The van der Waals surface area contributed by atoms with Crippen molar-refractivity contribution in [2.75, 3.05) is 20.6 Å². The van der Waals surface area contributed by atoms with Gasteiger partial charge < -0.3 is 5.32 Å². The van der Waals surface area contributed by atoms with E-state index >= 15 is 0 Å². The Morgan fingerprint density at radius 1 is 1.15 bits per heavy atom. The number of nitrogens with zero attached hydrogens (tertiary/aromatic N) is 1. The van der Waals surface area contributed by atoms with Gasteiger partial charge in [0.2, 0.25) is 15.9 Å². The van der Waals surface area contributed by atoms with Crippen molar-refractivity contribution in [1.29, 1.82) is 0 Å². The number of nitrogens with one attached hydrogen (secondary N) is 1. The minimum atomic E-state index is -3.68. The summed E-state index contributed by atoms with van der Waals surface area (Å²) in [6.07, 6.45) is 0.602. The van der Waals surface area contributed by atoms with Crippen LogP contribution in [-0.4, -0.2) is 39.9 Å².